The third kappa shape index (κ3) is 4.19. The van der Waals surface area contributed by atoms with Gasteiger partial charge >= 0.3 is 5.76 Å². The SMILES string of the molecule is COc1ccc(CN(C)C(=O)CCCn2c(=O)oc3ccccc32)cc1F. The number of carbonyl (C=O) groups is 1. The van der Waals surface area contributed by atoms with Crippen LogP contribution >= 0.6 is 0 Å². The summed E-state index contributed by atoms with van der Waals surface area (Å²) in [5.41, 5.74) is 1.94. The molecule has 0 saturated heterocycles. The van der Waals surface area contributed by atoms with Crippen molar-refractivity contribution in [1.82, 2.24) is 9.47 Å². The maximum atomic E-state index is 13.8. The van der Waals surface area contributed by atoms with Crippen LogP contribution in [0.2, 0.25) is 0 Å². The van der Waals surface area contributed by atoms with Crippen LogP contribution in [0.15, 0.2) is 51.7 Å². The van der Waals surface area contributed by atoms with Crippen LogP contribution in [0.4, 0.5) is 4.39 Å². The van der Waals surface area contributed by atoms with E-state index in [0.717, 1.165) is 5.52 Å². The second-order valence-corrected chi connectivity index (χ2v) is 6.31. The van der Waals surface area contributed by atoms with Crippen LogP contribution in [-0.2, 0) is 17.9 Å². The highest BCUT2D eigenvalue weighted by Crippen LogP contribution is 2.19. The number of aromatic nitrogens is 1. The number of methoxy groups -OCH3 is 1. The molecule has 27 heavy (non-hydrogen) atoms. The second kappa shape index (κ2) is 8.07. The number of rotatable bonds is 7. The number of nitrogens with zero attached hydrogens (tertiary/aromatic N) is 2. The Kier molecular flexibility index (Phi) is 5.59. The minimum Gasteiger partial charge on any atom is -0.494 e. The lowest BCUT2D eigenvalue weighted by Gasteiger charge is -2.17. The quantitative estimate of drug-likeness (QED) is 0.639. The van der Waals surface area contributed by atoms with Gasteiger partial charge < -0.3 is 14.1 Å². The van der Waals surface area contributed by atoms with Crippen molar-refractivity contribution in [2.24, 2.45) is 0 Å². The first kappa shape index (κ1) is 18.7. The maximum absolute atomic E-state index is 13.8. The predicted molar refractivity (Wildman–Crippen MR) is 99.1 cm³/mol. The van der Waals surface area contributed by atoms with Crippen LogP contribution in [0.5, 0.6) is 5.75 Å². The summed E-state index contributed by atoms with van der Waals surface area (Å²) in [6, 6.07) is 11.8. The van der Waals surface area contributed by atoms with Gasteiger partial charge in [0.05, 0.1) is 12.6 Å². The zero-order valence-electron chi connectivity index (χ0n) is 15.3. The van der Waals surface area contributed by atoms with Crippen LogP contribution in [0.1, 0.15) is 18.4 Å². The Bertz CT molecular complexity index is 1010. The van der Waals surface area contributed by atoms with E-state index >= 15 is 0 Å². The lowest BCUT2D eigenvalue weighted by atomic mass is 10.2. The smallest absolute Gasteiger partial charge is 0.419 e. The highest BCUT2D eigenvalue weighted by Gasteiger charge is 2.13. The van der Waals surface area contributed by atoms with Crippen LogP contribution in [-0.4, -0.2) is 29.5 Å². The number of benzene rings is 2. The Hall–Kier alpha value is -3.09. The van der Waals surface area contributed by atoms with Gasteiger partial charge in [0.1, 0.15) is 0 Å². The standard InChI is InChI=1S/C20H21FN2O4/c1-22(13-14-9-10-17(26-2)15(21)12-14)19(24)8-5-11-23-16-6-3-4-7-18(16)27-20(23)25/h3-4,6-7,9-10,12H,5,8,11,13H2,1-2H3. The lowest BCUT2D eigenvalue weighted by Crippen LogP contribution is -2.26. The molecule has 0 aliphatic rings. The Morgan fingerprint density at radius 2 is 2.04 bits per heavy atom. The maximum Gasteiger partial charge on any atom is 0.419 e. The number of fused-ring (bicyclic) bond motifs is 1. The Morgan fingerprint density at radius 1 is 1.26 bits per heavy atom. The molecular formula is C20H21FN2O4. The summed E-state index contributed by atoms with van der Waals surface area (Å²) in [5, 5.41) is 0. The number of oxazole rings is 1. The van der Waals surface area contributed by atoms with Crippen LogP contribution in [0.25, 0.3) is 11.1 Å². The largest absolute Gasteiger partial charge is 0.494 e. The molecule has 3 aromatic rings. The molecule has 0 radical (unpaired) electrons. The Balaban J connectivity index is 1.56. The van der Waals surface area contributed by atoms with E-state index in [2.05, 4.69) is 0 Å². The highest BCUT2D eigenvalue weighted by atomic mass is 19.1. The summed E-state index contributed by atoms with van der Waals surface area (Å²) in [6.45, 7) is 0.695. The fourth-order valence-electron chi connectivity index (χ4n) is 2.98. The van der Waals surface area contributed by atoms with Crippen molar-refractivity contribution >= 4 is 17.0 Å². The first-order valence-corrected chi connectivity index (χ1v) is 8.64. The minimum absolute atomic E-state index is 0.0768. The molecule has 1 aromatic heterocycles. The van der Waals surface area contributed by atoms with Gasteiger partial charge in [-0.2, -0.15) is 0 Å². The molecule has 0 fully saturated rings. The molecule has 3 rings (SSSR count). The average molecular weight is 372 g/mol. The van der Waals surface area contributed by atoms with E-state index in [1.807, 2.05) is 12.1 Å². The number of hydrogen-bond acceptors (Lipinski definition) is 4. The minimum atomic E-state index is -0.456. The molecule has 142 valence electrons. The van der Waals surface area contributed by atoms with Gasteiger partial charge in [-0.1, -0.05) is 18.2 Å². The van der Waals surface area contributed by atoms with Gasteiger partial charge in [-0.15, -0.1) is 0 Å². The third-order valence-corrected chi connectivity index (χ3v) is 4.41. The predicted octanol–water partition coefficient (Wildman–Crippen LogP) is 3.18. The van der Waals surface area contributed by atoms with E-state index in [1.54, 1.807) is 31.3 Å². The summed E-state index contributed by atoms with van der Waals surface area (Å²) < 4.78 is 25.4. The van der Waals surface area contributed by atoms with Gasteiger partial charge in [-0.05, 0) is 36.2 Å². The summed E-state index contributed by atoms with van der Waals surface area (Å²) in [5.74, 6) is -0.787. The fraction of sp³-hybridized carbons (Fsp3) is 0.300. The van der Waals surface area contributed by atoms with Gasteiger partial charge in [0.25, 0.3) is 0 Å². The molecular weight excluding hydrogens is 351 g/mol. The zero-order valence-corrected chi connectivity index (χ0v) is 15.3. The van der Waals surface area contributed by atoms with E-state index < -0.39 is 11.6 Å². The summed E-state index contributed by atoms with van der Waals surface area (Å²) in [7, 11) is 3.08. The zero-order chi connectivity index (χ0) is 19.4. The molecule has 0 aliphatic heterocycles. The van der Waals surface area contributed by atoms with Crippen LogP contribution in [0, 0.1) is 5.82 Å². The number of hydrogen-bond donors (Lipinski definition) is 0. The van der Waals surface area contributed by atoms with Gasteiger partial charge in [0.2, 0.25) is 5.91 Å². The first-order chi connectivity index (χ1) is 13.0. The topological polar surface area (TPSA) is 64.7 Å². The van der Waals surface area contributed by atoms with E-state index in [4.69, 9.17) is 9.15 Å². The normalized spacial score (nSPS) is 10.9. The number of para-hydroxylation sites is 2. The molecule has 2 aromatic carbocycles. The first-order valence-electron chi connectivity index (χ1n) is 8.64. The van der Waals surface area contributed by atoms with E-state index in [0.29, 0.717) is 30.7 Å². The average Bonchev–Trinajstić information content (AvgIpc) is 2.97. The van der Waals surface area contributed by atoms with E-state index in [-0.39, 0.29) is 18.1 Å². The summed E-state index contributed by atoms with van der Waals surface area (Å²) >= 11 is 0. The van der Waals surface area contributed by atoms with Gasteiger partial charge in [-0.25, -0.2) is 9.18 Å². The van der Waals surface area contributed by atoms with Crippen molar-refractivity contribution < 1.29 is 18.3 Å². The van der Waals surface area contributed by atoms with Gasteiger partial charge in [0.15, 0.2) is 17.1 Å². The summed E-state index contributed by atoms with van der Waals surface area (Å²) in [4.78, 5) is 25.8. The number of aryl methyl sites for hydroxylation is 1. The second-order valence-electron chi connectivity index (χ2n) is 6.31. The fourth-order valence-corrected chi connectivity index (χ4v) is 2.98. The Labute approximate surface area is 155 Å². The number of amides is 1. The lowest BCUT2D eigenvalue weighted by molar-refractivity contribution is -0.130. The van der Waals surface area contributed by atoms with Crippen LogP contribution < -0.4 is 10.5 Å². The van der Waals surface area contributed by atoms with Crippen molar-refractivity contribution in [2.45, 2.75) is 25.9 Å². The molecule has 0 aliphatic carbocycles. The molecule has 6 nitrogen and oxygen atoms in total. The van der Waals surface area contributed by atoms with Crippen LogP contribution in [0.3, 0.4) is 0 Å². The van der Waals surface area contributed by atoms with Crippen molar-refractivity contribution in [3.05, 3.63) is 64.4 Å². The van der Waals surface area contributed by atoms with Crippen molar-refractivity contribution in [1.29, 1.82) is 0 Å². The molecule has 0 bridgehead atoms. The Morgan fingerprint density at radius 3 is 2.78 bits per heavy atom. The third-order valence-electron chi connectivity index (χ3n) is 4.41. The number of halogens is 1. The van der Waals surface area contributed by atoms with E-state index in [9.17, 15) is 14.0 Å². The number of ether oxygens (including phenoxy) is 1. The molecule has 0 unspecified atom stereocenters. The van der Waals surface area contributed by atoms with Crippen molar-refractivity contribution in [3.8, 4) is 5.75 Å². The summed E-state index contributed by atoms with van der Waals surface area (Å²) in [6.07, 6.45) is 0.782. The molecule has 1 heterocycles. The monoisotopic (exact) mass is 372 g/mol. The molecule has 1 amide bonds. The van der Waals surface area contributed by atoms with Crippen molar-refractivity contribution in [3.63, 3.8) is 0 Å². The molecule has 0 N–H and O–H groups in total. The number of carbonyl (C=O) groups excluding carboxylic acids is 1. The molecule has 7 heteroatoms. The van der Waals surface area contributed by atoms with Crippen molar-refractivity contribution in [2.75, 3.05) is 14.2 Å². The van der Waals surface area contributed by atoms with Gasteiger partial charge in [0, 0.05) is 26.6 Å². The van der Waals surface area contributed by atoms with E-state index in [1.165, 1.54) is 22.6 Å². The molecule has 0 atom stereocenters. The molecule has 0 saturated carbocycles. The highest BCUT2D eigenvalue weighted by molar-refractivity contribution is 5.76. The van der Waals surface area contributed by atoms with Gasteiger partial charge in [-0.3, -0.25) is 9.36 Å². The molecule has 0 spiro atoms.